The Labute approximate surface area is 117 Å². The molecular formula is C15H15ClO3. The molecule has 0 aromatic heterocycles. The highest BCUT2D eigenvalue weighted by molar-refractivity contribution is 6.30. The second kappa shape index (κ2) is 7.54. The number of halogens is 1. The van der Waals surface area contributed by atoms with E-state index in [1.165, 1.54) is 6.08 Å². The van der Waals surface area contributed by atoms with Crippen molar-refractivity contribution in [3.63, 3.8) is 0 Å². The van der Waals surface area contributed by atoms with Crippen LogP contribution in [-0.4, -0.2) is 17.9 Å². The lowest BCUT2D eigenvalue weighted by Crippen LogP contribution is -2.23. The van der Waals surface area contributed by atoms with Crippen molar-refractivity contribution < 1.29 is 14.3 Å². The van der Waals surface area contributed by atoms with Crippen molar-refractivity contribution in [3.8, 4) is 0 Å². The summed E-state index contributed by atoms with van der Waals surface area (Å²) in [5.74, 6) is -0.808. The van der Waals surface area contributed by atoms with Crippen LogP contribution in [0.2, 0.25) is 5.02 Å². The summed E-state index contributed by atoms with van der Waals surface area (Å²) in [6.45, 7) is 3.38. The predicted octanol–water partition coefficient (Wildman–Crippen LogP) is 3.59. The Balaban J connectivity index is 2.62. The maximum atomic E-state index is 12.0. The van der Waals surface area contributed by atoms with Crippen molar-refractivity contribution in [1.82, 2.24) is 0 Å². The van der Waals surface area contributed by atoms with E-state index in [4.69, 9.17) is 16.3 Å². The molecule has 0 amide bonds. The summed E-state index contributed by atoms with van der Waals surface area (Å²) in [4.78, 5) is 23.4. The van der Waals surface area contributed by atoms with Crippen molar-refractivity contribution in [2.24, 2.45) is 0 Å². The molecular weight excluding hydrogens is 264 g/mol. The highest BCUT2D eigenvalue weighted by atomic mass is 35.5. The summed E-state index contributed by atoms with van der Waals surface area (Å²) in [6.07, 6.45) is 5.48. The second-order valence-corrected chi connectivity index (χ2v) is 4.27. The molecule has 1 rings (SSSR count). The number of carbonyl (C=O) groups is 2. The Morgan fingerprint density at radius 2 is 1.84 bits per heavy atom. The van der Waals surface area contributed by atoms with E-state index in [2.05, 4.69) is 0 Å². The number of esters is 1. The molecule has 0 N–H and O–H groups in total. The standard InChI is InChI=1S/C15H15ClO3/c1-3-4-5-6-14(17)19-11(2)15(18)12-7-9-13(16)10-8-12/h3-11H,1-2H3. The first-order valence-electron chi connectivity index (χ1n) is 5.84. The van der Waals surface area contributed by atoms with Gasteiger partial charge < -0.3 is 4.74 Å². The Hall–Kier alpha value is -1.87. The van der Waals surface area contributed by atoms with Gasteiger partial charge in [-0.15, -0.1) is 0 Å². The molecule has 0 heterocycles. The van der Waals surface area contributed by atoms with Crippen LogP contribution in [-0.2, 0) is 9.53 Å². The van der Waals surface area contributed by atoms with Gasteiger partial charge in [0.05, 0.1) is 0 Å². The number of allylic oxidation sites excluding steroid dienone is 3. The summed E-state index contributed by atoms with van der Waals surface area (Å²) in [7, 11) is 0. The van der Waals surface area contributed by atoms with Crippen LogP contribution in [0.4, 0.5) is 0 Å². The Kier molecular flexibility index (Phi) is 6.03. The monoisotopic (exact) mass is 278 g/mol. The molecule has 0 spiro atoms. The van der Waals surface area contributed by atoms with Crippen LogP contribution in [0.25, 0.3) is 0 Å². The molecule has 0 saturated heterocycles. The molecule has 19 heavy (non-hydrogen) atoms. The Bertz CT molecular complexity index is 501. The first-order valence-corrected chi connectivity index (χ1v) is 6.22. The largest absolute Gasteiger partial charge is 0.451 e. The van der Waals surface area contributed by atoms with Gasteiger partial charge in [-0.2, -0.15) is 0 Å². The van der Waals surface area contributed by atoms with E-state index >= 15 is 0 Å². The fourth-order valence-electron chi connectivity index (χ4n) is 1.36. The summed E-state index contributed by atoms with van der Waals surface area (Å²) in [6, 6.07) is 6.44. The first-order chi connectivity index (χ1) is 9.04. The van der Waals surface area contributed by atoms with E-state index in [1.54, 1.807) is 49.4 Å². The van der Waals surface area contributed by atoms with E-state index in [0.29, 0.717) is 10.6 Å². The number of carbonyl (C=O) groups excluding carboxylic acids is 2. The molecule has 4 heteroatoms. The fourth-order valence-corrected chi connectivity index (χ4v) is 1.49. The average Bonchev–Trinajstić information content (AvgIpc) is 2.39. The van der Waals surface area contributed by atoms with Crippen molar-refractivity contribution in [2.75, 3.05) is 0 Å². The molecule has 100 valence electrons. The lowest BCUT2D eigenvalue weighted by atomic mass is 10.1. The third-order valence-electron chi connectivity index (χ3n) is 2.33. The third kappa shape index (κ3) is 5.10. The van der Waals surface area contributed by atoms with Gasteiger partial charge in [-0.05, 0) is 38.1 Å². The summed E-state index contributed by atoms with van der Waals surface area (Å²) in [5.41, 5.74) is 0.460. The summed E-state index contributed by atoms with van der Waals surface area (Å²) in [5, 5.41) is 0.551. The van der Waals surface area contributed by atoms with Crippen molar-refractivity contribution in [1.29, 1.82) is 0 Å². The molecule has 1 unspecified atom stereocenters. The van der Waals surface area contributed by atoms with Gasteiger partial charge in [-0.1, -0.05) is 29.8 Å². The van der Waals surface area contributed by atoms with Gasteiger partial charge in [0.15, 0.2) is 6.10 Å². The van der Waals surface area contributed by atoms with Crippen LogP contribution < -0.4 is 0 Å². The molecule has 1 aromatic rings. The van der Waals surface area contributed by atoms with Crippen LogP contribution in [0.15, 0.2) is 48.6 Å². The van der Waals surface area contributed by atoms with Gasteiger partial charge in [0.25, 0.3) is 0 Å². The topological polar surface area (TPSA) is 43.4 Å². The summed E-state index contributed by atoms with van der Waals surface area (Å²) < 4.78 is 5.00. The van der Waals surface area contributed by atoms with E-state index in [9.17, 15) is 9.59 Å². The van der Waals surface area contributed by atoms with Crippen LogP contribution >= 0.6 is 11.6 Å². The highest BCUT2D eigenvalue weighted by Gasteiger charge is 2.18. The minimum atomic E-state index is -0.830. The number of Topliss-reactive ketones (excluding diaryl/α,β-unsaturated/α-hetero) is 1. The minimum absolute atomic E-state index is 0.260. The molecule has 0 aliphatic carbocycles. The predicted molar refractivity (Wildman–Crippen MR) is 75.3 cm³/mol. The fraction of sp³-hybridized carbons (Fsp3) is 0.200. The number of hydrogen-bond donors (Lipinski definition) is 0. The van der Waals surface area contributed by atoms with E-state index in [1.807, 2.05) is 6.92 Å². The van der Waals surface area contributed by atoms with Crippen molar-refractivity contribution in [2.45, 2.75) is 20.0 Å². The Morgan fingerprint density at radius 3 is 2.42 bits per heavy atom. The van der Waals surface area contributed by atoms with E-state index in [0.717, 1.165) is 0 Å². The van der Waals surface area contributed by atoms with Crippen LogP contribution in [0.1, 0.15) is 24.2 Å². The van der Waals surface area contributed by atoms with Crippen molar-refractivity contribution >= 4 is 23.4 Å². The molecule has 0 aliphatic rings. The van der Waals surface area contributed by atoms with Crippen molar-refractivity contribution in [3.05, 3.63) is 59.2 Å². The van der Waals surface area contributed by atoms with E-state index < -0.39 is 12.1 Å². The lowest BCUT2D eigenvalue weighted by Gasteiger charge is -2.10. The number of rotatable bonds is 5. The lowest BCUT2D eigenvalue weighted by molar-refractivity contribution is -0.140. The van der Waals surface area contributed by atoms with Gasteiger partial charge in [-0.3, -0.25) is 4.79 Å². The number of ketones is 1. The molecule has 0 radical (unpaired) electrons. The highest BCUT2D eigenvalue weighted by Crippen LogP contribution is 2.12. The molecule has 3 nitrogen and oxygen atoms in total. The Morgan fingerprint density at radius 1 is 1.21 bits per heavy atom. The molecule has 0 saturated carbocycles. The molecule has 1 aromatic carbocycles. The van der Waals surface area contributed by atoms with Gasteiger partial charge in [0.2, 0.25) is 5.78 Å². The second-order valence-electron chi connectivity index (χ2n) is 3.84. The molecule has 0 bridgehead atoms. The van der Waals surface area contributed by atoms with Gasteiger partial charge in [-0.25, -0.2) is 4.79 Å². The zero-order valence-electron chi connectivity index (χ0n) is 10.8. The van der Waals surface area contributed by atoms with Crippen LogP contribution in [0.3, 0.4) is 0 Å². The van der Waals surface area contributed by atoms with Gasteiger partial charge in [0.1, 0.15) is 0 Å². The van der Waals surface area contributed by atoms with E-state index in [-0.39, 0.29) is 5.78 Å². The minimum Gasteiger partial charge on any atom is -0.451 e. The maximum absolute atomic E-state index is 12.0. The zero-order chi connectivity index (χ0) is 14.3. The third-order valence-corrected chi connectivity index (χ3v) is 2.58. The maximum Gasteiger partial charge on any atom is 0.331 e. The molecule has 1 atom stereocenters. The molecule has 0 fully saturated rings. The molecule has 0 aliphatic heterocycles. The zero-order valence-corrected chi connectivity index (χ0v) is 11.6. The smallest absolute Gasteiger partial charge is 0.331 e. The summed E-state index contributed by atoms with van der Waals surface area (Å²) >= 11 is 5.74. The number of hydrogen-bond acceptors (Lipinski definition) is 3. The van der Waals surface area contributed by atoms with Gasteiger partial charge in [0, 0.05) is 16.7 Å². The quantitative estimate of drug-likeness (QED) is 0.358. The number of benzene rings is 1. The van der Waals surface area contributed by atoms with Crippen LogP contribution in [0, 0.1) is 0 Å². The first kappa shape index (κ1) is 15.2. The normalized spacial score (nSPS) is 12.8. The van der Waals surface area contributed by atoms with Crippen LogP contribution in [0.5, 0.6) is 0 Å². The van der Waals surface area contributed by atoms with Gasteiger partial charge >= 0.3 is 5.97 Å². The SMILES string of the molecule is CC=CC=CC(=O)OC(C)C(=O)c1ccc(Cl)cc1. The average molecular weight is 279 g/mol. The number of ether oxygens (including phenoxy) is 1.